The first-order valence-corrected chi connectivity index (χ1v) is 14.2. The Kier molecular flexibility index (Phi) is 21.2. The number of carboxylic acids is 2. The van der Waals surface area contributed by atoms with Gasteiger partial charge in [-0.25, -0.2) is 0 Å². The molecule has 0 spiro atoms. The third-order valence-electron chi connectivity index (χ3n) is 6.73. The molecular formula is C28H50N2O7. The monoisotopic (exact) mass is 526 g/mol. The maximum atomic E-state index is 12.2. The largest absolute Gasteiger partial charge is 0.481 e. The number of ketones is 1. The average Bonchev–Trinajstić information content (AvgIpc) is 2.84. The van der Waals surface area contributed by atoms with Crippen LogP contribution in [0.25, 0.3) is 0 Å². The van der Waals surface area contributed by atoms with Gasteiger partial charge in [0.05, 0.1) is 5.92 Å². The molecule has 0 rings (SSSR count). The number of hydrogen-bond donors (Lipinski definition) is 4. The number of rotatable bonds is 26. The zero-order chi connectivity index (χ0) is 27.9. The Hall–Kier alpha value is -2.45. The van der Waals surface area contributed by atoms with Gasteiger partial charge >= 0.3 is 11.9 Å². The summed E-state index contributed by atoms with van der Waals surface area (Å²) in [7, 11) is 0. The summed E-state index contributed by atoms with van der Waals surface area (Å²) in [4.78, 5) is 57.3. The van der Waals surface area contributed by atoms with Gasteiger partial charge < -0.3 is 21.3 Å². The summed E-state index contributed by atoms with van der Waals surface area (Å²) < 4.78 is 0. The van der Waals surface area contributed by atoms with Crippen LogP contribution in [0.3, 0.4) is 0 Å². The molecule has 2 atom stereocenters. The molecular weight excluding hydrogens is 476 g/mol. The van der Waals surface area contributed by atoms with E-state index in [0.29, 0.717) is 12.8 Å². The van der Waals surface area contributed by atoms with Crippen molar-refractivity contribution in [2.75, 3.05) is 0 Å². The highest BCUT2D eigenvalue weighted by molar-refractivity contribution is 5.87. The topological polar surface area (TPSA) is 164 Å². The van der Waals surface area contributed by atoms with Gasteiger partial charge in [-0.15, -0.1) is 0 Å². The maximum Gasteiger partial charge on any atom is 0.306 e. The number of carbonyl (C=O) groups is 5. The van der Waals surface area contributed by atoms with Crippen molar-refractivity contribution in [3.63, 3.8) is 0 Å². The molecule has 0 saturated carbocycles. The summed E-state index contributed by atoms with van der Waals surface area (Å²) in [6, 6.07) is -0.767. The molecule has 0 bridgehead atoms. The smallest absolute Gasteiger partial charge is 0.306 e. The van der Waals surface area contributed by atoms with Crippen molar-refractivity contribution in [1.29, 1.82) is 0 Å². The predicted octanol–water partition coefficient (Wildman–Crippen LogP) is 5.13. The summed E-state index contributed by atoms with van der Waals surface area (Å²) in [5, 5.41) is 20.5. The van der Waals surface area contributed by atoms with Gasteiger partial charge in [0.2, 0.25) is 11.8 Å². The van der Waals surface area contributed by atoms with Crippen molar-refractivity contribution in [3.8, 4) is 0 Å². The fraction of sp³-hybridized carbons (Fsp3) is 0.821. The number of unbranched alkanes of at least 4 members (excludes halogenated alkanes) is 13. The molecule has 0 heterocycles. The Labute approximate surface area is 222 Å². The Bertz CT molecular complexity index is 681. The number of carbonyl (C=O) groups excluding carboxylic acids is 3. The molecule has 0 fully saturated rings. The highest BCUT2D eigenvalue weighted by atomic mass is 16.4. The maximum absolute atomic E-state index is 12.2. The number of Topliss-reactive ketones (excluding diaryl/α,β-unsaturated/α-hetero) is 1. The second-order valence-electron chi connectivity index (χ2n) is 10.1. The summed E-state index contributed by atoms with van der Waals surface area (Å²) >= 11 is 0. The van der Waals surface area contributed by atoms with E-state index in [1.165, 1.54) is 44.9 Å². The molecule has 0 saturated heterocycles. The Balaban J connectivity index is 3.73. The first kappa shape index (κ1) is 34.6. The van der Waals surface area contributed by atoms with Crippen molar-refractivity contribution in [3.05, 3.63) is 0 Å². The molecule has 2 amide bonds. The molecule has 0 radical (unpaired) electrons. The van der Waals surface area contributed by atoms with Crippen LogP contribution < -0.4 is 11.1 Å². The molecule has 0 aliphatic carbocycles. The number of amides is 2. The number of primary amides is 1. The molecule has 0 aromatic rings. The molecule has 0 aromatic carbocycles. The third kappa shape index (κ3) is 21.4. The van der Waals surface area contributed by atoms with E-state index in [2.05, 4.69) is 5.32 Å². The van der Waals surface area contributed by atoms with Gasteiger partial charge in [0.25, 0.3) is 0 Å². The van der Waals surface area contributed by atoms with Gasteiger partial charge in [-0.3, -0.25) is 24.0 Å². The Morgan fingerprint density at radius 3 is 1.49 bits per heavy atom. The molecule has 9 nitrogen and oxygen atoms in total. The number of hydrogen-bond acceptors (Lipinski definition) is 5. The molecule has 5 N–H and O–H groups in total. The van der Waals surface area contributed by atoms with Crippen molar-refractivity contribution >= 4 is 29.5 Å². The lowest BCUT2D eigenvalue weighted by Gasteiger charge is -2.15. The van der Waals surface area contributed by atoms with Crippen LogP contribution in [0, 0.1) is 5.92 Å². The van der Waals surface area contributed by atoms with Crippen LogP contribution in [0.5, 0.6) is 0 Å². The van der Waals surface area contributed by atoms with Gasteiger partial charge in [-0.1, -0.05) is 84.0 Å². The van der Waals surface area contributed by atoms with E-state index in [-0.39, 0.29) is 31.5 Å². The van der Waals surface area contributed by atoms with E-state index in [1.54, 1.807) is 6.92 Å². The second-order valence-corrected chi connectivity index (χ2v) is 10.1. The van der Waals surface area contributed by atoms with E-state index >= 15 is 0 Å². The van der Waals surface area contributed by atoms with Crippen LogP contribution in [0.2, 0.25) is 0 Å². The molecule has 0 unspecified atom stereocenters. The number of aliphatic carboxylic acids is 2. The minimum Gasteiger partial charge on any atom is -0.481 e. The lowest BCUT2D eigenvalue weighted by molar-refractivity contribution is -0.144. The number of nitrogens with one attached hydrogen (secondary N) is 1. The second kappa shape index (κ2) is 22.7. The van der Waals surface area contributed by atoms with E-state index in [0.717, 1.165) is 44.9 Å². The highest BCUT2D eigenvalue weighted by Gasteiger charge is 2.23. The summed E-state index contributed by atoms with van der Waals surface area (Å²) in [5.74, 6) is -3.84. The fourth-order valence-electron chi connectivity index (χ4n) is 4.36. The molecule has 0 aliphatic heterocycles. The van der Waals surface area contributed by atoms with Gasteiger partial charge in [0.15, 0.2) is 0 Å². The van der Waals surface area contributed by atoms with Crippen molar-refractivity contribution in [1.82, 2.24) is 5.32 Å². The average molecular weight is 527 g/mol. The molecule has 0 aromatic heterocycles. The first-order valence-electron chi connectivity index (χ1n) is 14.2. The predicted molar refractivity (Wildman–Crippen MR) is 143 cm³/mol. The lowest BCUT2D eigenvalue weighted by Crippen LogP contribution is -2.44. The van der Waals surface area contributed by atoms with E-state index in [4.69, 9.17) is 10.8 Å². The van der Waals surface area contributed by atoms with Crippen LogP contribution in [-0.2, 0) is 24.0 Å². The molecule has 9 heteroatoms. The van der Waals surface area contributed by atoms with Crippen molar-refractivity contribution < 1.29 is 34.2 Å². The minimum absolute atomic E-state index is 0.0505. The standard InChI is InChI=1S/C28H50N2O7/c1-2-24(27(29)35)30-25(32)20-19-22(28(36)37)21-23(31)17-15-13-11-9-7-5-3-4-6-8-10-12-14-16-18-26(33)34/h22,24H,2-21H2,1H3,(H2,29,35)(H,30,32)(H,33,34)(H,36,37)/t22-,24+/m1/s1. The number of carboxylic acid groups (broad SMARTS) is 2. The van der Waals surface area contributed by atoms with Gasteiger partial charge in [0.1, 0.15) is 11.8 Å². The highest BCUT2D eigenvalue weighted by Crippen LogP contribution is 2.17. The lowest BCUT2D eigenvalue weighted by atomic mass is 9.94. The van der Waals surface area contributed by atoms with Gasteiger partial charge in [-0.05, 0) is 25.7 Å². The van der Waals surface area contributed by atoms with Crippen LogP contribution in [0.4, 0.5) is 0 Å². The van der Waals surface area contributed by atoms with Crippen molar-refractivity contribution in [2.24, 2.45) is 11.7 Å². The van der Waals surface area contributed by atoms with Crippen molar-refractivity contribution in [2.45, 2.75) is 141 Å². The molecule has 0 aliphatic rings. The Morgan fingerprint density at radius 1 is 0.676 bits per heavy atom. The zero-order valence-corrected chi connectivity index (χ0v) is 22.8. The summed E-state index contributed by atoms with van der Waals surface area (Å²) in [6.45, 7) is 1.72. The normalized spacial score (nSPS) is 12.6. The van der Waals surface area contributed by atoms with E-state index in [1.807, 2.05) is 0 Å². The van der Waals surface area contributed by atoms with Gasteiger partial charge in [-0.2, -0.15) is 0 Å². The summed E-state index contributed by atoms with van der Waals surface area (Å²) in [6.07, 6.45) is 16.4. The summed E-state index contributed by atoms with van der Waals surface area (Å²) in [5.41, 5.74) is 5.20. The van der Waals surface area contributed by atoms with Crippen LogP contribution >= 0.6 is 0 Å². The third-order valence-corrected chi connectivity index (χ3v) is 6.73. The SMILES string of the molecule is CC[C@H](NC(=O)CC[C@H](CC(=O)CCCCCCCCCCCCCCCCC(=O)O)C(=O)O)C(N)=O. The minimum atomic E-state index is -1.08. The van der Waals surface area contributed by atoms with E-state index < -0.39 is 35.7 Å². The fourth-order valence-corrected chi connectivity index (χ4v) is 4.36. The van der Waals surface area contributed by atoms with Crippen LogP contribution in [0.15, 0.2) is 0 Å². The van der Waals surface area contributed by atoms with E-state index in [9.17, 15) is 29.1 Å². The molecule has 214 valence electrons. The number of nitrogens with two attached hydrogens (primary N) is 1. The first-order chi connectivity index (χ1) is 17.7. The van der Waals surface area contributed by atoms with Gasteiger partial charge in [0, 0.05) is 25.7 Å². The zero-order valence-electron chi connectivity index (χ0n) is 22.8. The molecule has 37 heavy (non-hydrogen) atoms. The quantitative estimate of drug-likeness (QED) is 0.113. The van der Waals surface area contributed by atoms with Crippen LogP contribution in [-0.4, -0.2) is 45.8 Å². The Morgan fingerprint density at radius 2 is 1.11 bits per heavy atom. The van der Waals surface area contributed by atoms with Crippen LogP contribution in [0.1, 0.15) is 135 Å².